The average Bonchev–Trinajstić information content (AvgIpc) is 2.39. The van der Waals surface area contributed by atoms with E-state index in [9.17, 15) is 0 Å². The molecule has 0 fully saturated rings. The van der Waals surface area contributed by atoms with Crippen molar-refractivity contribution in [1.82, 2.24) is 0 Å². The van der Waals surface area contributed by atoms with Crippen molar-refractivity contribution in [2.75, 3.05) is 14.2 Å². The highest BCUT2D eigenvalue weighted by atomic mass is 28.4. The van der Waals surface area contributed by atoms with E-state index >= 15 is 0 Å². The zero-order chi connectivity index (χ0) is 15.2. The highest BCUT2D eigenvalue weighted by Crippen LogP contribution is 2.21. The molecule has 0 atom stereocenters. The minimum atomic E-state index is -1.81. The lowest BCUT2D eigenvalue weighted by atomic mass is 10.4. The fraction of sp³-hybridized carbons (Fsp3) is 0.571. The summed E-state index contributed by atoms with van der Waals surface area (Å²) in [6.07, 6.45) is 0. The van der Waals surface area contributed by atoms with Crippen molar-refractivity contribution >= 4 is 31.1 Å². The van der Waals surface area contributed by atoms with E-state index < -0.39 is 25.9 Å². The quantitative estimate of drug-likeness (QED) is 0.687. The maximum absolute atomic E-state index is 6.64. The van der Waals surface area contributed by atoms with E-state index in [4.69, 9.17) is 13.0 Å². The van der Waals surface area contributed by atoms with Crippen molar-refractivity contribution in [3.05, 3.63) is 30.3 Å². The summed E-state index contributed by atoms with van der Waals surface area (Å²) < 4.78 is 17.4. The van der Waals surface area contributed by atoms with Crippen LogP contribution in [0.3, 0.4) is 0 Å². The molecule has 0 amide bonds. The van der Waals surface area contributed by atoms with E-state index in [1.54, 1.807) is 14.2 Å². The lowest BCUT2D eigenvalue weighted by molar-refractivity contribution is 0.278. The smallest absolute Gasteiger partial charge is 0.320 e. The Morgan fingerprint density at radius 3 is 2.00 bits per heavy atom. The molecule has 1 aromatic carbocycles. The van der Waals surface area contributed by atoms with E-state index in [0.29, 0.717) is 0 Å². The fourth-order valence-electron chi connectivity index (χ4n) is 2.44. The highest BCUT2D eigenvalue weighted by molar-refractivity contribution is 6.92. The summed E-state index contributed by atoms with van der Waals surface area (Å²) in [7, 11) is -1.46. The molecule has 20 heavy (non-hydrogen) atoms. The van der Waals surface area contributed by atoms with Crippen LogP contribution >= 0.6 is 0 Å². The molecule has 0 spiro atoms. The van der Waals surface area contributed by atoms with E-state index in [2.05, 4.69) is 56.5 Å². The molecule has 6 heteroatoms. The molecule has 0 aliphatic heterocycles. The molecule has 3 nitrogen and oxygen atoms in total. The second-order valence-corrected chi connectivity index (χ2v) is 17.0. The van der Waals surface area contributed by atoms with Crippen molar-refractivity contribution in [3.8, 4) is 0 Å². The first-order chi connectivity index (χ1) is 9.30. The molecule has 0 aliphatic rings. The van der Waals surface area contributed by atoms with Crippen molar-refractivity contribution in [1.29, 1.82) is 0 Å². The van der Waals surface area contributed by atoms with Crippen LogP contribution in [0.4, 0.5) is 0 Å². The first-order valence-electron chi connectivity index (χ1n) is 7.12. The Hall–Kier alpha value is -0.249. The molecule has 0 saturated carbocycles. The van der Waals surface area contributed by atoms with Gasteiger partial charge in [-0.2, -0.15) is 0 Å². The molecule has 0 unspecified atom stereocenters. The van der Waals surface area contributed by atoms with Gasteiger partial charge in [-0.1, -0.05) is 30.3 Å². The minimum Gasteiger partial charge on any atom is -0.452 e. The van der Waals surface area contributed by atoms with Crippen LogP contribution in [0.2, 0.25) is 38.3 Å². The van der Waals surface area contributed by atoms with Crippen LogP contribution in [-0.4, -0.2) is 40.1 Å². The molecular formula is C14H28O3Si3. The molecular weight excluding hydrogens is 300 g/mol. The summed E-state index contributed by atoms with van der Waals surface area (Å²) in [5.74, 6) is 0. The van der Waals surface area contributed by atoms with E-state index in [0.717, 1.165) is 12.1 Å². The van der Waals surface area contributed by atoms with Gasteiger partial charge in [-0.15, -0.1) is 0 Å². The Labute approximate surface area is 127 Å². The Bertz CT molecular complexity index is 392. The van der Waals surface area contributed by atoms with Gasteiger partial charge in [-0.3, -0.25) is 0 Å². The van der Waals surface area contributed by atoms with Gasteiger partial charge in [0.25, 0.3) is 0 Å². The summed E-state index contributed by atoms with van der Waals surface area (Å²) >= 11 is 0. The normalized spacial score (nSPS) is 12.9. The van der Waals surface area contributed by atoms with Gasteiger partial charge in [-0.25, -0.2) is 0 Å². The monoisotopic (exact) mass is 328 g/mol. The summed E-state index contributed by atoms with van der Waals surface area (Å²) in [5.41, 5.74) is 0. The zero-order valence-corrected chi connectivity index (χ0v) is 16.8. The maximum atomic E-state index is 6.64. The van der Waals surface area contributed by atoms with Crippen molar-refractivity contribution in [2.24, 2.45) is 0 Å². The largest absolute Gasteiger partial charge is 0.452 e. The topological polar surface area (TPSA) is 27.7 Å². The molecule has 1 rings (SSSR count). The van der Waals surface area contributed by atoms with Gasteiger partial charge in [0, 0.05) is 14.2 Å². The summed E-state index contributed by atoms with van der Waals surface area (Å²) in [6.45, 7) is 9.19. The van der Waals surface area contributed by atoms with E-state index in [1.807, 2.05) is 0 Å². The third-order valence-corrected chi connectivity index (χ3v) is 13.4. The first kappa shape index (κ1) is 17.8. The third-order valence-electron chi connectivity index (χ3n) is 3.51. The Morgan fingerprint density at radius 2 is 1.50 bits per heavy atom. The number of benzene rings is 1. The van der Waals surface area contributed by atoms with E-state index in [1.165, 1.54) is 5.19 Å². The molecule has 1 aromatic rings. The van der Waals surface area contributed by atoms with Crippen LogP contribution < -0.4 is 5.19 Å². The number of hydrogen-bond acceptors (Lipinski definition) is 3. The molecule has 0 radical (unpaired) electrons. The van der Waals surface area contributed by atoms with Gasteiger partial charge in [0.05, 0.1) is 0 Å². The molecule has 114 valence electrons. The van der Waals surface area contributed by atoms with Crippen molar-refractivity contribution < 1.29 is 13.0 Å². The molecule has 0 aliphatic carbocycles. The Balaban J connectivity index is 2.65. The predicted octanol–water partition coefficient (Wildman–Crippen LogP) is 2.83. The zero-order valence-electron chi connectivity index (χ0n) is 13.6. The highest BCUT2D eigenvalue weighted by Gasteiger charge is 2.34. The lowest BCUT2D eigenvalue weighted by Gasteiger charge is -2.34. The van der Waals surface area contributed by atoms with Gasteiger partial charge in [-0.05, 0) is 43.5 Å². The van der Waals surface area contributed by atoms with Gasteiger partial charge in [0.2, 0.25) is 8.32 Å². The van der Waals surface area contributed by atoms with Crippen molar-refractivity contribution in [2.45, 2.75) is 38.3 Å². The fourth-order valence-corrected chi connectivity index (χ4v) is 14.2. The summed E-state index contributed by atoms with van der Waals surface area (Å²) in [5, 5.41) is 1.37. The second kappa shape index (κ2) is 7.67. The Kier molecular flexibility index (Phi) is 6.83. The van der Waals surface area contributed by atoms with Crippen LogP contribution in [0.15, 0.2) is 30.3 Å². The van der Waals surface area contributed by atoms with Gasteiger partial charge >= 0.3 is 9.28 Å². The lowest BCUT2D eigenvalue weighted by Crippen LogP contribution is -2.52. The van der Waals surface area contributed by atoms with Crippen LogP contribution in [0.5, 0.6) is 0 Å². The third kappa shape index (κ3) is 5.63. The minimum absolute atomic E-state index is 1.03. The summed E-state index contributed by atoms with van der Waals surface area (Å²) in [6, 6.07) is 12.8. The van der Waals surface area contributed by atoms with Crippen molar-refractivity contribution in [3.63, 3.8) is 0 Å². The van der Waals surface area contributed by atoms with Crippen LogP contribution in [0.1, 0.15) is 0 Å². The number of hydrogen-bond donors (Lipinski definition) is 0. The van der Waals surface area contributed by atoms with Crippen LogP contribution in [-0.2, 0) is 13.0 Å². The SMILES string of the molecule is CO[SiH](CC[Si](C)(C)O[Si](C)(C)c1ccccc1)OC. The van der Waals surface area contributed by atoms with Gasteiger partial charge in [0.1, 0.15) is 0 Å². The first-order valence-corrected chi connectivity index (χ1v) is 14.9. The molecule has 0 heterocycles. The maximum Gasteiger partial charge on any atom is 0.320 e. The van der Waals surface area contributed by atoms with E-state index in [-0.39, 0.29) is 0 Å². The number of rotatable bonds is 8. The summed E-state index contributed by atoms with van der Waals surface area (Å²) in [4.78, 5) is 0. The second-order valence-electron chi connectivity index (χ2n) is 6.18. The molecule has 0 N–H and O–H groups in total. The Morgan fingerprint density at radius 1 is 0.950 bits per heavy atom. The predicted molar refractivity (Wildman–Crippen MR) is 92.9 cm³/mol. The average molecular weight is 329 g/mol. The molecule has 0 bridgehead atoms. The van der Waals surface area contributed by atoms with Gasteiger partial charge in [0.15, 0.2) is 8.32 Å². The van der Waals surface area contributed by atoms with Gasteiger partial charge < -0.3 is 13.0 Å². The molecule has 0 saturated heterocycles. The standard InChI is InChI=1S/C14H28O3Si3/c1-15-18(16-2)12-13-19(3,4)17-20(5,6)14-10-8-7-9-11-14/h7-11,18H,12-13H2,1-6H3. The molecule has 0 aromatic heterocycles. The van der Waals surface area contributed by atoms with Crippen LogP contribution in [0, 0.1) is 0 Å². The van der Waals surface area contributed by atoms with Crippen LogP contribution in [0.25, 0.3) is 0 Å².